The van der Waals surface area contributed by atoms with E-state index >= 15 is 0 Å². The van der Waals surface area contributed by atoms with Gasteiger partial charge in [0.1, 0.15) is 11.9 Å². The molecule has 0 saturated carbocycles. The van der Waals surface area contributed by atoms with Crippen LogP contribution in [0.25, 0.3) is 0 Å². The van der Waals surface area contributed by atoms with Crippen LogP contribution in [0.5, 0.6) is 5.75 Å². The number of ether oxygens (including phenoxy) is 1. The van der Waals surface area contributed by atoms with Gasteiger partial charge in [-0.3, -0.25) is 0 Å². The van der Waals surface area contributed by atoms with Gasteiger partial charge in [0.05, 0.1) is 12.4 Å². The number of furan rings is 1. The lowest BCUT2D eigenvalue weighted by Crippen LogP contribution is -2.09. The summed E-state index contributed by atoms with van der Waals surface area (Å²) in [5, 5.41) is 10.5. The number of benzene rings is 1. The monoisotopic (exact) mass is 266 g/mol. The Balaban J connectivity index is 2.36. The number of hydrogen-bond donors (Lipinski definition) is 1. The molecule has 1 N–H and O–H groups in total. The van der Waals surface area contributed by atoms with Crippen LogP contribution in [0.2, 0.25) is 5.22 Å². The van der Waals surface area contributed by atoms with Gasteiger partial charge >= 0.3 is 0 Å². The highest BCUT2D eigenvalue weighted by Crippen LogP contribution is 2.34. The molecule has 2 rings (SSSR count). The molecule has 0 saturated heterocycles. The zero-order chi connectivity index (χ0) is 13.1. The minimum Gasteiger partial charge on any atom is -0.491 e. The first-order chi connectivity index (χ1) is 8.59. The Morgan fingerprint density at radius 2 is 1.89 bits per heavy atom. The Hall–Kier alpha value is -1.45. The Bertz CT molecular complexity index is 519. The van der Waals surface area contributed by atoms with Crippen LogP contribution in [0.3, 0.4) is 0 Å². The van der Waals surface area contributed by atoms with Gasteiger partial charge in [-0.15, -0.1) is 0 Å². The van der Waals surface area contributed by atoms with Crippen LogP contribution in [0.1, 0.15) is 31.1 Å². The summed E-state index contributed by atoms with van der Waals surface area (Å²) < 4.78 is 10.7. The first-order valence-electron chi connectivity index (χ1n) is 5.76. The Labute approximate surface area is 111 Å². The summed E-state index contributed by atoms with van der Waals surface area (Å²) in [6, 6.07) is 9.00. The molecule has 0 fully saturated rings. The second-order valence-corrected chi connectivity index (χ2v) is 4.60. The topological polar surface area (TPSA) is 42.6 Å². The molecule has 1 aromatic carbocycles. The van der Waals surface area contributed by atoms with Crippen molar-refractivity contribution in [1.82, 2.24) is 0 Å². The highest BCUT2D eigenvalue weighted by atomic mass is 35.5. The number of rotatable bonds is 4. The number of para-hydroxylation sites is 1. The number of aliphatic hydroxyl groups excluding tert-OH is 1. The first-order valence-corrected chi connectivity index (χ1v) is 6.14. The van der Waals surface area contributed by atoms with E-state index in [0.29, 0.717) is 16.9 Å². The maximum Gasteiger partial charge on any atom is 0.199 e. The Morgan fingerprint density at radius 1 is 1.17 bits per heavy atom. The largest absolute Gasteiger partial charge is 0.491 e. The summed E-state index contributed by atoms with van der Waals surface area (Å²) in [5.74, 6) is 0.650. The van der Waals surface area contributed by atoms with Gasteiger partial charge < -0.3 is 14.3 Å². The van der Waals surface area contributed by atoms with E-state index in [1.54, 1.807) is 6.07 Å². The van der Waals surface area contributed by atoms with Crippen molar-refractivity contribution >= 4 is 11.6 Å². The van der Waals surface area contributed by atoms with Gasteiger partial charge in [-0.1, -0.05) is 18.2 Å². The maximum absolute atomic E-state index is 10.3. The van der Waals surface area contributed by atoms with Crippen LogP contribution in [0.4, 0.5) is 0 Å². The predicted molar refractivity (Wildman–Crippen MR) is 70.0 cm³/mol. The minimum atomic E-state index is -0.855. The fourth-order valence-corrected chi connectivity index (χ4v) is 1.95. The molecular weight excluding hydrogens is 252 g/mol. The zero-order valence-corrected chi connectivity index (χ0v) is 11.0. The van der Waals surface area contributed by atoms with Crippen molar-refractivity contribution in [2.75, 3.05) is 0 Å². The molecule has 96 valence electrons. The van der Waals surface area contributed by atoms with Gasteiger partial charge in [0, 0.05) is 11.1 Å². The van der Waals surface area contributed by atoms with Crippen molar-refractivity contribution in [3.63, 3.8) is 0 Å². The number of halogens is 1. The molecule has 0 spiro atoms. The van der Waals surface area contributed by atoms with Crippen molar-refractivity contribution < 1.29 is 14.3 Å². The predicted octanol–water partition coefficient (Wildman–Crippen LogP) is 3.80. The zero-order valence-electron chi connectivity index (χ0n) is 10.3. The number of hydrogen-bond acceptors (Lipinski definition) is 3. The second-order valence-electron chi connectivity index (χ2n) is 4.26. The third kappa shape index (κ3) is 2.68. The molecule has 0 aliphatic rings. The lowest BCUT2D eigenvalue weighted by atomic mass is 10.0. The summed E-state index contributed by atoms with van der Waals surface area (Å²) >= 11 is 5.88. The highest BCUT2D eigenvalue weighted by molar-refractivity contribution is 6.29. The van der Waals surface area contributed by atoms with E-state index in [-0.39, 0.29) is 11.3 Å². The van der Waals surface area contributed by atoms with Crippen molar-refractivity contribution in [3.8, 4) is 5.75 Å². The molecule has 1 heterocycles. The average Bonchev–Trinajstić information content (AvgIpc) is 2.74. The van der Waals surface area contributed by atoms with Gasteiger partial charge in [0.2, 0.25) is 0 Å². The second kappa shape index (κ2) is 5.46. The molecule has 18 heavy (non-hydrogen) atoms. The number of aliphatic hydroxyl groups is 1. The molecule has 3 nitrogen and oxygen atoms in total. The molecule has 1 unspecified atom stereocenters. The van der Waals surface area contributed by atoms with Crippen LogP contribution in [-0.2, 0) is 0 Å². The standard InChI is InChI=1S/C14H15ClO3/c1-9(2)18-12-6-4-3-5-10(12)13(16)11-7-8-17-14(11)15/h3-9,13,16H,1-2H3. The molecule has 1 atom stereocenters. The Morgan fingerprint density at radius 3 is 2.50 bits per heavy atom. The third-order valence-electron chi connectivity index (χ3n) is 2.52. The fraction of sp³-hybridized carbons (Fsp3) is 0.286. The Kier molecular flexibility index (Phi) is 3.94. The van der Waals surface area contributed by atoms with E-state index in [1.807, 2.05) is 38.1 Å². The smallest absolute Gasteiger partial charge is 0.199 e. The van der Waals surface area contributed by atoms with Crippen molar-refractivity contribution in [3.05, 3.63) is 52.9 Å². The maximum atomic E-state index is 10.3. The molecule has 4 heteroatoms. The molecule has 0 amide bonds. The van der Waals surface area contributed by atoms with E-state index < -0.39 is 6.10 Å². The summed E-state index contributed by atoms with van der Waals surface area (Å²) in [5.41, 5.74) is 1.21. The molecule has 0 bridgehead atoms. The van der Waals surface area contributed by atoms with E-state index in [2.05, 4.69) is 0 Å². The van der Waals surface area contributed by atoms with Crippen LogP contribution in [0, 0.1) is 0 Å². The SMILES string of the molecule is CC(C)Oc1ccccc1C(O)c1ccoc1Cl. The van der Waals surface area contributed by atoms with Crippen molar-refractivity contribution in [1.29, 1.82) is 0 Å². The van der Waals surface area contributed by atoms with Crippen molar-refractivity contribution in [2.24, 2.45) is 0 Å². The van der Waals surface area contributed by atoms with Gasteiger partial charge in [0.15, 0.2) is 5.22 Å². The molecule has 2 aromatic rings. The molecule has 0 radical (unpaired) electrons. The fourth-order valence-electron chi connectivity index (χ4n) is 1.73. The average molecular weight is 267 g/mol. The highest BCUT2D eigenvalue weighted by Gasteiger charge is 2.20. The molecular formula is C14H15ClO3. The van der Waals surface area contributed by atoms with E-state index in [4.69, 9.17) is 20.8 Å². The molecule has 0 aliphatic carbocycles. The lowest BCUT2D eigenvalue weighted by molar-refractivity contribution is 0.197. The van der Waals surface area contributed by atoms with Crippen LogP contribution >= 0.6 is 11.6 Å². The van der Waals surface area contributed by atoms with Gasteiger partial charge in [-0.2, -0.15) is 0 Å². The first kappa shape index (κ1) is 13.0. The summed E-state index contributed by atoms with van der Waals surface area (Å²) in [7, 11) is 0. The van der Waals surface area contributed by atoms with Gasteiger partial charge in [-0.25, -0.2) is 0 Å². The lowest BCUT2D eigenvalue weighted by Gasteiger charge is -2.17. The minimum absolute atomic E-state index is 0.0400. The summed E-state index contributed by atoms with van der Waals surface area (Å²) in [6.45, 7) is 3.88. The van der Waals surface area contributed by atoms with E-state index in [0.717, 1.165) is 0 Å². The van der Waals surface area contributed by atoms with E-state index in [9.17, 15) is 5.11 Å². The molecule has 0 aliphatic heterocycles. The van der Waals surface area contributed by atoms with E-state index in [1.165, 1.54) is 6.26 Å². The van der Waals surface area contributed by atoms with Crippen LogP contribution in [-0.4, -0.2) is 11.2 Å². The normalized spacial score (nSPS) is 12.7. The van der Waals surface area contributed by atoms with Crippen LogP contribution < -0.4 is 4.74 Å². The quantitative estimate of drug-likeness (QED) is 0.915. The van der Waals surface area contributed by atoms with Crippen LogP contribution in [0.15, 0.2) is 41.0 Å². The summed E-state index contributed by atoms with van der Waals surface area (Å²) in [4.78, 5) is 0. The van der Waals surface area contributed by atoms with Crippen molar-refractivity contribution in [2.45, 2.75) is 26.1 Å². The summed E-state index contributed by atoms with van der Waals surface area (Å²) in [6.07, 6.45) is 0.636. The van der Waals surface area contributed by atoms with Gasteiger partial charge in [-0.05, 0) is 37.6 Å². The molecule has 1 aromatic heterocycles. The third-order valence-corrected chi connectivity index (χ3v) is 2.82. The van der Waals surface area contributed by atoms with Gasteiger partial charge in [0.25, 0.3) is 0 Å².